The minimum atomic E-state index is 0.412. The molecule has 2 unspecified atom stereocenters. The van der Waals surface area contributed by atoms with Crippen molar-refractivity contribution in [2.24, 2.45) is 5.92 Å². The zero-order valence-corrected chi connectivity index (χ0v) is 13.2. The molecule has 0 radical (unpaired) electrons. The average Bonchev–Trinajstić information content (AvgIpc) is 2.48. The van der Waals surface area contributed by atoms with E-state index >= 15 is 0 Å². The Bertz CT molecular complexity index is 416. The van der Waals surface area contributed by atoms with Crippen LogP contribution in [-0.2, 0) is 6.54 Å². The summed E-state index contributed by atoms with van der Waals surface area (Å²) in [5, 5.41) is 3.41. The predicted molar refractivity (Wildman–Crippen MR) is 85.2 cm³/mol. The normalized spacial score (nSPS) is 22.8. The molecule has 0 spiro atoms. The third kappa shape index (κ3) is 3.99. The first-order valence-electron chi connectivity index (χ1n) is 8.20. The van der Waals surface area contributed by atoms with E-state index in [0.717, 1.165) is 24.8 Å². The van der Waals surface area contributed by atoms with E-state index in [2.05, 4.69) is 44.3 Å². The van der Waals surface area contributed by atoms with E-state index in [9.17, 15) is 0 Å². The Morgan fingerprint density at radius 3 is 2.85 bits per heavy atom. The van der Waals surface area contributed by atoms with Crippen LogP contribution >= 0.6 is 0 Å². The molecule has 1 aromatic carbocycles. The summed E-state index contributed by atoms with van der Waals surface area (Å²) in [6.45, 7) is 8.50. The first-order valence-corrected chi connectivity index (χ1v) is 8.20. The van der Waals surface area contributed by atoms with Gasteiger partial charge in [-0.1, -0.05) is 44.9 Å². The molecule has 1 aromatic rings. The highest BCUT2D eigenvalue weighted by atomic mass is 16.5. The molecule has 1 aliphatic rings. The molecule has 0 aliphatic heterocycles. The van der Waals surface area contributed by atoms with Gasteiger partial charge < -0.3 is 10.1 Å². The molecule has 2 atom stereocenters. The second-order valence-corrected chi connectivity index (χ2v) is 6.02. The lowest BCUT2D eigenvalue weighted by Gasteiger charge is -2.30. The van der Waals surface area contributed by atoms with Gasteiger partial charge in [0.25, 0.3) is 0 Å². The standard InChI is InChI=1S/C18H29NO/c1-4-15-9-7-11-17(12-15)20-18-14(3)8-6-10-16(18)13-19-5-2/h6,8,10,15,17,19H,4-5,7,9,11-13H2,1-3H3. The average molecular weight is 275 g/mol. The third-order valence-electron chi connectivity index (χ3n) is 4.46. The number of para-hydroxylation sites is 1. The molecular weight excluding hydrogens is 246 g/mol. The second-order valence-electron chi connectivity index (χ2n) is 6.02. The predicted octanol–water partition coefficient (Wildman–Crippen LogP) is 4.45. The van der Waals surface area contributed by atoms with Gasteiger partial charge in [-0.2, -0.15) is 0 Å². The maximum absolute atomic E-state index is 6.41. The molecule has 2 nitrogen and oxygen atoms in total. The summed E-state index contributed by atoms with van der Waals surface area (Å²) in [7, 11) is 0. The van der Waals surface area contributed by atoms with E-state index in [-0.39, 0.29) is 0 Å². The minimum Gasteiger partial charge on any atom is -0.490 e. The molecule has 2 heteroatoms. The maximum atomic E-state index is 6.41. The van der Waals surface area contributed by atoms with Crippen molar-refractivity contribution in [2.45, 2.75) is 65.5 Å². The Morgan fingerprint density at radius 1 is 1.25 bits per heavy atom. The molecule has 1 fully saturated rings. The number of hydrogen-bond acceptors (Lipinski definition) is 2. The Balaban J connectivity index is 2.07. The van der Waals surface area contributed by atoms with Crippen molar-refractivity contribution >= 4 is 0 Å². The van der Waals surface area contributed by atoms with Crippen LogP contribution in [0.4, 0.5) is 0 Å². The van der Waals surface area contributed by atoms with Gasteiger partial charge in [-0.25, -0.2) is 0 Å². The van der Waals surface area contributed by atoms with E-state index in [4.69, 9.17) is 4.74 Å². The SMILES string of the molecule is CCNCc1cccc(C)c1OC1CCCC(CC)C1. The van der Waals surface area contributed by atoms with Gasteiger partial charge in [-0.3, -0.25) is 0 Å². The highest BCUT2D eigenvalue weighted by molar-refractivity contribution is 5.40. The summed E-state index contributed by atoms with van der Waals surface area (Å²) in [5.74, 6) is 1.98. The Labute approximate surface area is 123 Å². The number of benzene rings is 1. The van der Waals surface area contributed by atoms with E-state index in [1.165, 1.54) is 43.2 Å². The van der Waals surface area contributed by atoms with E-state index in [0.29, 0.717) is 6.10 Å². The van der Waals surface area contributed by atoms with Crippen LogP contribution < -0.4 is 10.1 Å². The van der Waals surface area contributed by atoms with Gasteiger partial charge in [0.05, 0.1) is 6.10 Å². The molecule has 112 valence electrons. The van der Waals surface area contributed by atoms with E-state index in [1.54, 1.807) is 0 Å². The van der Waals surface area contributed by atoms with Crippen LogP contribution in [0.25, 0.3) is 0 Å². The van der Waals surface area contributed by atoms with Crippen molar-refractivity contribution in [2.75, 3.05) is 6.54 Å². The molecule has 1 saturated carbocycles. The van der Waals surface area contributed by atoms with Crippen LogP contribution in [0.1, 0.15) is 57.1 Å². The lowest BCUT2D eigenvalue weighted by molar-refractivity contribution is 0.120. The maximum Gasteiger partial charge on any atom is 0.127 e. The van der Waals surface area contributed by atoms with Crippen molar-refractivity contribution < 1.29 is 4.74 Å². The number of aryl methyl sites for hydroxylation is 1. The van der Waals surface area contributed by atoms with Crippen molar-refractivity contribution in [3.05, 3.63) is 29.3 Å². The highest BCUT2D eigenvalue weighted by Gasteiger charge is 2.23. The quantitative estimate of drug-likeness (QED) is 0.828. The van der Waals surface area contributed by atoms with Crippen LogP contribution in [0.2, 0.25) is 0 Å². The fourth-order valence-corrected chi connectivity index (χ4v) is 3.17. The van der Waals surface area contributed by atoms with Gasteiger partial charge in [0.2, 0.25) is 0 Å². The molecule has 0 bridgehead atoms. The largest absolute Gasteiger partial charge is 0.490 e. The Hall–Kier alpha value is -1.02. The molecule has 0 saturated heterocycles. The van der Waals surface area contributed by atoms with Gasteiger partial charge in [-0.15, -0.1) is 0 Å². The summed E-state index contributed by atoms with van der Waals surface area (Å²) in [5.41, 5.74) is 2.56. The van der Waals surface area contributed by atoms with Gasteiger partial charge in [0.15, 0.2) is 0 Å². The molecule has 0 aromatic heterocycles. The Kier molecular flexibility index (Phi) is 5.90. The lowest BCUT2D eigenvalue weighted by Crippen LogP contribution is -2.26. The van der Waals surface area contributed by atoms with Crippen molar-refractivity contribution in [3.8, 4) is 5.75 Å². The summed E-state index contributed by atoms with van der Waals surface area (Å²) >= 11 is 0. The fourth-order valence-electron chi connectivity index (χ4n) is 3.17. The fraction of sp³-hybridized carbons (Fsp3) is 0.667. The summed E-state index contributed by atoms with van der Waals surface area (Å²) in [6.07, 6.45) is 6.84. The topological polar surface area (TPSA) is 21.3 Å². The zero-order chi connectivity index (χ0) is 14.4. The second kappa shape index (κ2) is 7.68. The smallest absolute Gasteiger partial charge is 0.127 e. The Morgan fingerprint density at radius 2 is 2.10 bits per heavy atom. The van der Waals surface area contributed by atoms with Crippen LogP contribution in [0.15, 0.2) is 18.2 Å². The summed E-state index contributed by atoms with van der Waals surface area (Å²) in [6, 6.07) is 6.47. The molecule has 20 heavy (non-hydrogen) atoms. The molecule has 1 aliphatic carbocycles. The van der Waals surface area contributed by atoms with Crippen molar-refractivity contribution in [1.82, 2.24) is 5.32 Å². The van der Waals surface area contributed by atoms with Gasteiger partial charge in [0, 0.05) is 12.1 Å². The first kappa shape index (κ1) is 15.4. The molecule has 0 heterocycles. The number of hydrogen-bond donors (Lipinski definition) is 1. The van der Waals surface area contributed by atoms with Crippen LogP contribution in [0.5, 0.6) is 5.75 Å². The van der Waals surface area contributed by atoms with Gasteiger partial charge >= 0.3 is 0 Å². The minimum absolute atomic E-state index is 0.412. The van der Waals surface area contributed by atoms with Crippen molar-refractivity contribution in [1.29, 1.82) is 0 Å². The first-order chi connectivity index (χ1) is 9.74. The van der Waals surface area contributed by atoms with Crippen LogP contribution in [0, 0.1) is 12.8 Å². The summed E-state index contributed by atoms with van der Waals surface area (Å²) < 4.78 is 6.41. The lowest BCUT2D eigenvalue weighted by atomic mass is 9.85. The number of rotatable bonds is 6. The van der Waals surface area contributed by atoms with Crippen LogP contribution in [-0.4, -0.2) is 12.6 Å². The number of nitrogens with one attached hydrogen (secondary N) is 1. The van der Waals surface area contributed by atoms with Gasteiger partial charge in [0.1, 0.15) is 5.75 Å². The van der Waals surface area contributed by atoms with Crippen LogP contribution in [0.3, 0.4) is 0 Å². The molecule has 0 amide bonds. The van der Waals surface area contributed by atoms with Gasteiger partial charge in [-0.05, 0) is 44.2 Å². The van der Waals surface area contributed by atoms with E-state index < -0.39 is 0 Å². The number of ether oxygens (including phenoxy) is 1. The molecule has 1 N–H and O–H groups in total. The molecular formula is C18H29NO. The third-order valence-corrected chi connectivity index (χ3v) is 4.46. The molecule has 2 rings (SSSR count). The monoisotopic (exact) mass is 275 g/mol. The zero-order valence-electron chi connectivity index (χ0n) is 13.2. The van der Waals surface area contributed by atoms with Crippen molar-refractivity contribution in [3.63, 3.8) is 0 Å². The highest BCUT2D eigenvalue weighted by Crippen LogP contribution is 2.32. The summed E-state index contributed by atoms with van der Waals surface area (Å²) in [4.78, 5) is 0. The van der Waals surface area contributed by atoms with E-state index in [1.807, 2.05) is 0 Å².